The Morgan fingerprint density at radius 2 is 2.33 bits per heavy atom. The van der Waals surface area contributed by atoms with Crippen LogP contribution in [0.15, 0.2) is 11.6 Å². The van der Waals surface area contributed by atoms with Crippen molar-refractivity contribution in [3.8, 4) is 0 Å². The highest BCUT2D eigenvalue weighted by Crippen LogP contribution is 2.26. The molecule has 31 valence electrons. The van der Waals surface area contributed by atoms with E-state index in [0.717, 1.165) is 12.8 Å². The van der Waals surface area contributed by atoms with Crippen LogP contribution >= 0.6 is 0 Å². The third-order valence-corrected chi connectivity index (χ3v) is 0.802. The SMILES string of the molecule is O=[C]C=C1CC1. The minimum Gasteiger partial charge on any atom is -0.286 e. The van der Waals surface area contributed by atoms with E-state index in [2.05, 4.69) is 0 Å². The molecule has 1 saturated carbocycles. The zero-order chi connectivity index (χ0) is 4.41. The molecule has 1 rings (SSSR count). The van der Waals surface area contributed by atoms with Crippen molar-refractivity contribution >= 4 is 6.29 Å². The third kappa shape index (κ3) is 0.677. The Kier molecular flexibility index (Phi) is 0.748. The second kappa shape index (κ2) is 1.25. The fourth-order valence-corrected chi connectivity index (χ4v) is 0.300. The lowest BCUT2D eigenvalue weighted by Gasteiger charge is -1.52. The second-order valence-corrected chi connectivity index (χ2v) is 1.42. The molecule has 0 atom stereocenters. The first-order valence-electron chi connectivity index (χ1n) is 1.99. The molecular formula is C5H5O. The van der Waals surface area contributed by atoms with Crippen LogP contribution < -0.4 is 0 Å². The lowest BCUT2D eigenvalue weighted by molar-refractivity contribution is 0.564. The molecule has 1 nitrogen and oxygen atoms in total. The van der Waals surface area contributed by atoms with Gasteiger partial charge in [-0.25, -0.2) is 0 Å². The van der Waals surface area contributed by atoms with Crippen LogP contribution in [-0.2, 0) is 4.79 Å². The van der Waals surface area contributed by atoms with E-state index in [-0.39, 0.29) is 0 Å². The van der Waals surface area contributed by atoms with Crippen molar-refractivity contribution in [2.24, 2.45) is 0 Å². The third-order valence-electron chi connectivity index (χ3n) is 0.802. The van der Waals surface area contributed by atoms with Crippen LogP contribution in [0.3, 0.4) is 0 Å². The first-order valence-corrected chi connectivity index (χ1v) is 1.99. The van der Waals surface area contributed by atoms with E-state index in [0.29, 0.717) is 0 Å². The topological polar surface area (TPSA) is 17.1 Å². The first-order chi connectivity index (χ1) is 2.93. The lowest BCUT2D eigenvalue weighted by Crippen LogP contribution is -1.52. The zero-order valence-electron chi connectivity index (χ0n) is 3.40. The summed E-state index contributed by atoms with van der Waals surface area (Å²) in [6, 6.07) is 0. The van der Waals surface area contributed by atoms with Gasteiger partial charge in [-0.15, -0.1) is 0 Å². The van der Waals surface area contributed by atoms with Gasteiger partial charge in [0.1, 0.15) is 0 Å². The van der Waals surface area contributed by atoms with E-state index in [9.17, 15) is 4.79 Å². The largest absolute Gasteiger partial charge is 0.286 e. The average molecular weight is 81.1 g/mol. The molecule has 0 aromatic rings. The van der Waals surface area contributed by atoms with Gasteiger partial charge in [0.15, 0.2) is 0 Å². The molecule has 0 aliphatic heterocycles. The molecule has 0 spiro atoms. The summed E-state index contributed by atoms with van der Waals surface area (Å²) in [5.74, 6) is 0. The molecule has 1 aliphatic rings. The lowest BCUT2D eigenvalue weighted by atomic mass is 10.5. The number of carbonyl (C=O) groups excluding carboxylic acids is 1. The molecular weight excluding hydrogens is 76.1 g/mol. The molecule has 0 N–H and O–H groups in total. The van der Waals surface area contributed by atoms with Gasteiger partial charge in [0.25, 0.3) is 0 Å². The summed E-state index contributed by atoms with van der Waals surface area (Å²) in [5, 5.41) is 0. The van der Waals surface area contributed by atoms with Crippen molar-refractivity contribution in [3.05, 3.63) is 11.6 Å². The van der Waals surface area contributed by atoms with Gasteiger partial charge in [-0.1, -0.05) is 5.57 Å². The predicted octanol–water partition coefficient (Wildman–Crippen LogP) is 0.816. The van der Waals surface area contributed by atoms with Gasteiger partial charge < -0.3 is 0 Å². The van der Waals surface area contributed by atoms with Crippen LogP contribution in [0.1, 0.15) is 12.8 Å². The van der Waals surface area contributed by atoms with Gasteiger partial charge in [-0.05, 0) is 18.9 Å². The quantitative estimate of drug-likeness (QED) is 0.427. The fourth-order valence-electron chi connectivity index (χ4n) is 0.300. The summed E-state index contributed by atoms with van der Waals surface area (Å²) in [4.78, 5) is 9.45. The van der Waals surface area contributed by atoms with Crippen LogP contribution in [0, 0.1) is 0 Å². The molecule has 6 heavy (non-hydrogen) atoms. The van der Waals surface area contributed by atoms with Crippen molar-refractivity contribution in [2.45, 2.75) is 12.8 Å². The highest BCUT2D eigenvalue weighted by molar-refractivity contribution is 5.68. The van der Waals surface area contributed by atoms with Crippen molar-refractivity contribution in [2.75, 3.05) is 0 Å². The van der Waals surface area contributed by atoms with E-state index in [1.807, 2.05) is 0 Å². The maximum atomic E-state index is 9.45. The van der Waals surface area contributed by atoms with E-state index < -0.39 is 0 Å². The maximum Gasteiger partial charge on any atom is 0.225 e. The van der Waals surface area contributed by atoms with Crippen LogP contribution in [0.5, 0.6) is 0 Å². The zero-order valence-corrected chi connectivity index (χ0v) is 3.40. The molecule has 0 aromatic heterocycles. The number of allylic oxidation sites excluding steroid dienone is 2. The highest BCUT2D eigenvalue weighted by Gasteiger charge is 2.08. The summed E-state index contributed by atoms with van der Waals surface area (Å²) >= 11 is 0. The average Bonchev–Trinajstić information content (AvgIpc) is 2.21. The molecule has 0 unspecified atom stereocenters. The van der Waals surface area contributed by atoms with Gasteiger partial charge in [-0.2, -0.15) is 0 Å². The second-order valence-electron chi connectivity index (χ2n) is 1.42. The van der Waals surface area contributed by atoms with Gasteiger partial charge in [0, 0.05) is 0 Å². The van der Waals surface area contributed by atoms with Crippen LogP contribution in [0.25, 0.3) is 0 Å². The summed E-state index contributed by atoms with van der Waals surface area (Å²) in [6.45, 7) is 0. The van der Waals surface area contributed by atoms with Crippen LogP contribution in [-0.4, -0.2) is 6.29 Å². The Balaban J connectivity index is 2.42. The van der Waals surface area contributed by atoms with E-state index in [4.69, 9.17) is 0 Å². The number of hydrogen-bond acceptors (Lipinski definition) is 1. The van der Waals surface area contributed by atoms with Crippen molar-refractivity contribution in [1.82, 2.24) is 0 Å². The summed E-state index contributed by atoms with van der Waals surface area (Å²) in [7, 11) is 0. The van der Waals surface area contributed by atoms with Crippen molar-refractivity contribution in [1.29, 1.82) is 0 Å². The molecule has 0 heterocycles. The molecule has 0 amide bonds. The van der Waals surface area contributed by atoms with Crippen LogP contribution in [0.2, 0.25) is 0 Å². The van der Waals surface area contributed by atoms with Crippen molar-refractivity contribution < 1.29 is 4.79 Å². The highest BCUT2D eigenvalue weighted by atomic mass is 16.1. The van der Waals surface area contributed by atoms with E-state index >= 15 is 0 Å². The standard InChI is InChI=1S/C5H5O/c6-4-3-5-1-2-5/h3H,1-2H2. The van der Waals surface area contributed by atoms with E-state index in [1.165, 1.54) is 11.6 Å². The number of hydrogen-bond donors (Lipinski definition) is 0. The first kappa shape index (κ1) is 3.59. The minimum atomic E-state index is 1.12. The van der Waals surface area contributed by atoms with Gasteiger partial charge >= 0.3 is 0 Å². The Hall–Kier alpha value is -0.590. The predicted molar refractivity (Wildman–Crippen MR) is 23.0 cm³/mol. The normalized spacial score (nSPS) is 17.0. The molecule has 1 fully saturated rings. The van der Waals surface area contributed by atoms with Gasteiger partial charge in [0.2, 0.25) is 6.29 Å². The fraction of sp³-hybridized carbons (Fsp3) is 0.400. The van der Waals surface area contributed by atoms with Gasteiger partial charge in [0.05, 0.1) is 0 Å². The summed E-state index contributed by atoms with van der Waals surface area (Å²) in [5.41, 5.74) is 1.24. The molecule has 1 radical (unpaired) electrons. The smallest absolute Gasteiger partial charge is 0.225 e. The molecule has 0 bridgehead atoms. The molecule has 0 saturated heterocycles. The Morgan fingerprint density at radius 3 is 2.50 bits per heavy atom. The maximum absolute atomic E-state index is 9.45. The van der Waals surface area contributed by atoms with Crippen molar-refractivity contribution in [3.63, 3.8) is 0 Å². The monoisotopic (exact) mass is 81.0 g/mol. The van der Waals surface area contributed by atoms with Crippen LogP contribution in [0.4, 0.5) is 0 Å². The van der Waals surface area contributed by atoms with E-state index in [1.54, 1.807) is 6.29 Å². The summed E-state index contributed by atoms with van der Waals surface area (Å²) in [6.07, 6.45) is 5.47. The Bertz CT molecular complexity index is 86.1. The molecule has 1 heteroatoms. The van der Waals surface area contributed by atoms with Gasteiger partial charge in [-0.3, -0.25) is 4.79 Å². The Morgan fingerprint density at radius 1 is 1.67 bits per heavy atom. The molecule has 0 aromatic carbocycles. The summed E-state index contributed by atoms with van der Waals surface area (Å²) < 4.78 is 0. The molecule has 1 aliphatic carbocycles. The minimum absolute atomic E-state index is 1.12. The number of rotatable bonds is 1. The Labute approximate surface area is 36.7 Å².